The van der Waals surface area contributed by atoms with Crippen molar-refractivity contribution in [3.05, 3.63) is 51.4 Å². The number of rotatable bonds is 2. The largest absolute Gasteiger partial charge is 0.507 e. The summed E-state index contributed by atoms with van der Waals surface area (Å²) >= 11 is 0. The van der Waals surface area contributed by atoms with E-state index >= 15 is 0 Å². The molecular formula is C20H23N3O2. The van der Waals surface area contributed by atoms with Crippen molar-refractivity contribution in [3.63, 3.8) is 0 Å². The lowest BCUT2D eigenvalue weighted by molar-refractivity contribution is 0.444. The number of fused-ring (bicyclic) bond motifs is 1. The number of aryl methyl sites for hydroxylation is 2. The van der Waals surface area contributed by atoms with Gasteiger partial charge >= 0.3 is 0 Å². The van der Waals surface area contributed by atoms with E-state index in [1.807, 2.05) is 26.0 Å². The van der Waals surface area contributed by atoms with Crippen LogP contribution >= 0.6 is 0 Å². The van der Waals surface area contributed by atoms with Gasteiger partial charge in [0, 0.05) is 17.2 Å². The molecule has 1 saturated carbocycles. The fourth-order valence-corrected chi connectivity index (χ4v) is 4.10. The molecule has 0 bridgehead atoms. The Kier molecular flexibility index (Phi) is 3.86. The number of hydrogen-bond acceptors (Lipinski definition) is 3. The van der Waals surface area contributed by atoms with Gasteiger partial charge in [-0.1, -0.05) is 25.3 Å². The molecule has 2 aromatic heterocycles. The maximum Gasteiger partial charge on any atom is 0.251 e. The Hall–Kier alpha value is -2.56. The first-order chi connectivity index (χ1) is 12.0. The molecule has 1 aliphatic carbocycles. The van der Waals surface area contributed by atoms with E-state index in [4.69, 9.17) is 5.10 Å². The summed E-state index contributed by atoms with van der Waals surface area (Å²) in [4.78, 5) is 15.3. The maximum absolute atomic E-state index is 12.3. The van der Waals surface area contributed by atoms with Crippen LogP contribution in [0.15, 0.2) is 29.1 Å². The number of aromatic hydroxyl groups is 1. The molecule has 1 fully saturated rings. The molecule has 0 spiro atoms. The number of aromatic nitrogens is 3. The second-order valence-corrected chi connectivity index (χ2v) is 7.13. The van der Waals surface area contributed by atoms with Gasteiger partial charge in [-0.3, -0.25) is 4.79 Å². The van der Waals surface area contributed by atoms with Gasteiger partial charge in [-0.2, -0.15) is 5.10 Å². The maximum atomic E-state index is 12.3. The topological polar surface area (TPSA) is 70.4 Å². The van der Waals surface area contributed by atoms with Crippen molar-refractivity contribution >= 4 is 5.65 Å². The summed E-state index contributed by atoms with van der Waals surface area (Å²) in [6.07, 6.45) is 6.02. The van der Waals surface area contributed by atoms with Gasteiger partial charge in [-0.15, -0.1) is 0 Å². The molecule has 2 N–H and O–H groups in total. The van der Waals surface area contributed by atoms with Crippen LogP contribution in [0.3, 0.4) is 0 Å². The van der Waals surface area contributed by atoms with Gasteiger partial charge in [-0.05, 0) is 50.3 Å². The molecule has 0 amide bonds. The van der Waals surface area contributed by atoms with Crippen molar-refractivity contribution in [2.75, 3.05) is 0 Å². The average molecular weight is 337 g/mol. The molecule has 130 valence electrons. The summed E-state index contributed by atoms with van der Waals surface area (Å²) in [6, 6.07) is 6.99. The van der Waals surface area contributed by atoms with Crippen LogP contribution in [0.25, 0.3) is 16.9 Å². The molecule has 25 heavy (non-hydrogen) atoms. The van der Waals surface area contributed by atoms with Crippen LogP contribution in [0, 0.1) is 13.8 Å². The van der Waals surface area contributed by atoms with Gasteiger partial charge in [0.15, 0.2) is 0 Å². The first-order valence-electron chi connectivity index (χ1n) is 8.97. The Labute approximate surface area is 146 Å². The summed E-state index contributed by atoms with van der Waals surface area (Å²) in [5.74, 6) is 0.614. The van der Waals surface area contributed by atoms with Crippen molar-refractivity contribution in [1.29, 1.82) is 0 Å². The van der Waals surface area contributed by atoms with Crippen molar-refractivity contribution in [2.45, 2.75) is 51.9 Å². The molecule has 4 rings (SSSR count). The molecule has 1 aliphatic rings. The Balaban J connectivity index is 1.96. The zero-order valence-corrected chi connectivity index (χ0v) is 14.7. The monoisotopic (exact) mass is 337 g/mol. The number of benzene rings is 1. The van der Waals surface area contributed by atoms with E-state index < -0.39 is 0 Å². The van der Waals surface area contributed by atoms with Gasteiger partial charge in [0.25, 0.3) is 5.56 Å². The normalized spacial score (nSPS) is 15.8. The molecule has 0 unspecified atom stereocenters. The van der Waals surface area contributed by atoms with Gasteiger partial charge in [0.2, 0.25) is 0 Å². The van der Waals surface area contributed by atoms with Gasteiger partial charge in [0.05, 0.1) is 11.4 Å². The zero-order chi connectivity index (χ0) is 17.6. The van der Waals surface area contributed by atoms with Crippen molar-refractivity contribution in [1.82, 2.24) is 14.6 Å². The predicted octanol–water partition coefficient (Wildman–Crippen LogP) is 4.06. The molecule has 1 aromatic carbocycles. The van der Waals surface area contributed by atoms with Crippen LogP contribution in [0.4, 0.5) is 0 Å². The summed E-state index contributed by atoms with van der Waals surface area (Å²) in [6.45, 7) is 3.93. The first-order valence-corrected chi connectivity index (χ1v) is 8.97. The summed E-state index contributed by atoms with van der Waals surface area (Å²) in [5, 5.41) is 15.1. The Morgan fingerprint density at radius 3 is 2.64 bits per heavy atom. The second kappa shape index (κ2) is 6.06. The van der Waals surface area contributed by atoms with E-state index in [2.05, 4.69) is 4.98 Å². The molecule has 0 atom stereocenters. The summed E-state index contributed by atoms with van der Waals surface area (Å²) in [5.41, 5.74) is 4.95. The fourth-order valence-electron chi connectivity index (χ4n) is 4.10. The van der Waals surface area contributed by atoms with E-state index in [0.29, 0.717) is 17.2 Å². The summed E-state index contributed by atoms with van der Waals surface area (Å²) < 4.78 is 1.78. The number of nitrogens with zero attached hydrogens (tertiary/aromatic N) is 2. The third-order valence-electron chi connectivity index (χ3n) is 5.29. The van der Waals surface area contributed by atoms with Crippen LogP contribution < -0.4 is 5.56 Å². The number of hydrogen-bond donors (Lipinski definition) is 2. The van der Waals surface area contributed by atoms with Crippen molar-refractivity contribution in [3.8, 4) is 17.0 Å². The van der Waals surface area contributed by atoms with Gasteiger partial charge in [0.1, 0.15) is 11.4 Å². The minimum Gasteiger partial charge on any atom is -0.507 e. The lowest BCUT2D eigenvalue weighted by Crippen LogP contribution is -2.12. The van der Waals surface area contributed by atoms with E-state index in [0.717, 1.165) is 35.3 Å². The van der Waals surface area contributed by atoms with Crippen LogP contribution in [0.1, 0.15) is 54.8 Å². The van der Waals surface area contributed by atoms with Crippen molar-refractivity contribution in [2.24, 2.45) is 0 Å². The minimum absolute atomic E-state index is 0.166. The summed E-state index contributed by atoms with van der Waals surface area (Å²) in [7, 11) is 0. The third kappa shape index (κ3) is 2.73. The minimum atomic E-state index is -0.167. The average Bonchev–Trinajstić information content (AvgIpc) is 2.91. The number of phenolic OH excluding ortho intramolecular Hbond substituents is 1. The zero-order valence-electron chi connectivity index (χ0n) is 14.7. The highest BCUT2D eigenvalue weighted by Crippen LogP contribution is 2.37. The quantitative estimate of drug-likeness (QED) is 0.741. The number of nitrogens with one attached hydrogen (secondary N) is 1. The molecule has 5 nitrogen and oxygen atoms in total. The lowest BCUT2D eigenvalue weighted by Gasteiger charge is -2.21. The van der Waals surface area contributed by atoms with E-state index in [-0.39, 0.29) is 11.3 Å². The standard InChI is InChI=1S/C20H23N3O2/c1-12-8-9-15(17(24)10-12)16-11-18(25)21-20-19(13(2)22-23(16)20)14-6-4-3-5-7-14/h8-11,14,24H,3-7H2,1-2H3,(H,21,25). The van der Waals surface area contributed by atoms with Crippen LogP contribution in [0.5, 0.6) is 5.75 Å². The van der Waals surface area contributed by atoms with Crippen LogP contribution in [-0.4, -0.2) is 19.7 Å². The predicted molar refractivity (Wildman–Crippen MR) is 98.2 cm³/mol. The molecule has 3 aromatic rings. The SMILES string of the molecule is Cc1ccc(-c2cc(=O)[nH]c3c(C4CCCCC4)c(C)nn23)c(O)c1. The van der Waals surface area contributed by atoms with Crippen molar-refractivity contribution < 1.29 is 5.11 Å². The second-order valence-electron chi connectivity index (χ2n) is 7.13. The Bertz CT molecular complexity index is 994. The third-order valence-corrected chi connectivity index (χ3v) is 5.29. The Morgan fingerprint density at radius 1 is 1.16 bits per heavy atom. The van der Waals surface area contributed by atoms with E-state index in [1.54, 1.807) is 10.6 Å². The van der Waals surface area contributed by atoms with E-state index in [1.165, 1.54) is 25.3 Å². The molecule has 2 heterocycles. The number of H-pyrrole nitrogens is 1. The highest BCUT2D eigenvalue weighted by atomic mass is 16.3. The number of phenols is 1. The smallest absolute Gasteiger partial charge is 0.251 e. The van der Waals surface area contributed by atoms with E-state index in [9.17, 15) is 9.90 Å². The van der Waals surface area contributed by atoms with Gasteiger partial charge in [-0.25, -0.2) is 4.52 Å². The van der Waals surface area contributed by atoms with Gasteiger partial charge < -0.3 is 10.1 Å². The molecule has 0 radical (unpaired) electrons. The fraction of sp³-hybridized carbons (Fsp3) is 0.400. The Morgan fingerprint density at radius 2 is 1.92 bits per heavy atom. The number of aromatic amines is 1. The first kappa shape index (κ1) is 15.9. The molecule has 5 heteroatoms. The molecule has 0 aliphatic heterocycles. The highest BCUT2D eigenvalue weighted by molar-refractivity contribution is 5.70. The van der Waals surface area contributed by atoms with Crippen LogP contribution in [-0.2, 0) is 0 Å². The molecular weight excluding hydrogens is 314 g/mol. The molecule has 0 saturated heterocycles. The van der Waals surface area contributed by atoms with Crippen LogP contribution in [0.2, 0.25) is 0 Å². The lowest BCUT2D eigenvalue weighted by atomic mass is 9.84. The highest BCUT2D eigenvalue weighted by Gasteiger charge is 2.24.